The zero-order chi connectivity index (χ0) is 12.4. The van der Waals surface area contributed by atoms with Crippen molar-refractivity contribution in [1.82, 2.24) is 5.32 Å². The molecule has 2 atom stereocenters. The third-order valence-electron chi connectivity index (χ3n) is 3.33. The van der Waals surface area contributed by atoms with Gasteiger partial charge in [0.05, 0.1) is 11.3 Å². The molecule has 0 bridgehead atoms. The Hall–Kier alpha value is -1.58. The summed E-state index contributed by atoms with van der Waals surface area (Å²) in [7, 11) is 0. The first-order valence-corrected chi connectivity index (χ1v) is 5.92. The Kier molecular flexibility index (Phi) is 3.31. The van der Waals surface area contributed by atoms with E-state index in [-0.39, 0.29) is 23.2 Å². The van der Waals surface area contributed by atoms with Crippen molar-refractivity contribution in [3.63, 3.8) is 0 Å². The van der Waals surface area contributed by atoms with Crippen LogP contribution in [0.5, 0.6) is 0 Å². The summed E-state index contributed by atoms with van der Waals surface area (Å²) in [5.41, 5.74) is 5.70. The SMILES string of the molecule is CC1CCC(NC(=O)c2cccc(F)c2N)C1. The maximum absolute atomic E-state index is 13.2. The van der Waals surface area contributed by atoms with Gasteiger partial charge in [-0.1, -0.05) is 13.0 Å². The third kappa shape index (κ3) is 2.57. The van der Waals surface area contributed by atoms with Crippen LogP contribution in [0.2, 0.25) is 0 Å². The number of nitrogens with two attached hydrogens (primary N) is 1. The van der Waals surface area contributed by atoms with Crippen LogP contribution in [0.1, 0.15) is 36.5 Å². The fourth-order valence-corrected chi connectivity index (χ4v) is 2.34. The molecule has 0 radical (unpaired) electrons. The van der Waals surface area contributed by atoms with E-state index in [1.165, 1.54) is 12.1 Å². The molecule has 0 aromatic heterocycles. The van der Waals surface area contributed by atoms with Crippen molar-refractivity contribution in [2.24, 2.45) is 5.92 Å². The molecule has 1 saturated carbocycles. The highest BCUT2D eigenvalue weighted by molar-refractivity contribution is 5.99. The predicted molar refractivity (Wildman–Crippen MR) is 65.1 cm³/mol. The van der Waals surface area contributed by atoms with Crippen LogP contribution in [0.3, 0.4) is 0 Å². The molecule has 1 amide bonds. The summed E-state index contributed by atoms with van der Waals surface area (Å²) in [4.78, 5) is 11.9. The normalized spacial score (nSPS) is 23.6. The van der Waals surface area contributed by atoms with Crippen LogP contribution in [-0.4, -0.2) is 11.9 Å². The van der Waals surface area contributed by atoms with Crippen LogP contribution in [-0.2, 0) is 0 Å². The molecule has 0 aliphatic heterocycles. The molecule has 1 aromatic rings. The number of anilines is 1. The average Bonchev–Trinajstić information content (AvgIpc) is 2.68. The number of benzene rings is 1. The molecule has 0 saturated heterocycles. The van der Waals surface area contributed by atoms with Crippen molar-refractivity contribution in [1.29, 1.82) is 0 Å². The number of nitrogen functional groups attached to an aromatic ring is 1. The first-order valence-electron chi connectivity index (χ1n) is 5.92. The van der Waals surface area contributed by atoms with E-state index in [2.05, 4.69) is 12.2 Å². The minimum Gasteiger partial charge on any atom is -0.396 e. The Morgan fingerprint density at radius 3 is 2.88 bits per heavy atom. The van der Waals surface area contributed by atoms with Gasteiger partial charge in [0.1, 0.15) is 5.82 Å². The second-order valence-corrected chi connectivity index (χ2v) is 4.79. The molecule has 92 valence electrons. The lowest BCUT2D eigenvalue weighted by Crippen LogP contribution is -2.33. The molecule has 1 aromatic carbocycles. The molecular weight excluding hydrogens is 219 g/mol. The van der Waals surface area contributed by atoms with E-state index in [4.69, 9.17) is 5.73 Å². The van der Waals surface area contributed by atoms with E-state index in [0.29, 0.717) is 5.92 Å². The molecule has 3 N–H and O–H groups in total. The number of amides is 1. The summed E-state index contributed by atoms with van der Waals surface area (Å²) in [5.74, 6) is -0.177. The molecule has 3 nitrogen and oxygen atoms in total. The van der Waals surface area contributed by atoms with Crippen molar-refractivity contribution in [3.8, 4) is 0 Å². The number of hydrogen-bond acceptors (Lipinski definition) is 2. The Bertz CT molecular complexity index is 433. The van der Waals surface area contributed by atoms with E-state index >= 15 is 0 Å². The predicted octanol–water partition coefficient (Wildman–Crippen LogP) is 2.33. The number of nitrogens with one attached hydrogen (secondary N) is 1. The summed E-state index contributed by atoms with van der Waals surface area (Å²) in [5, 5.41) is 2.91. The molecule has 0 heterocycles. The molecular formula is C13H17FN2O. The minimum atomic E-state index is -0.544. The molecule has 2 unspecified atom stereocenters. The zero-order valence-corrected chi connectivity index (χ0v) is 9.87. The van der Waals surface area contributed by atoms with E-state index < -0.39 is 5.82 Å². The second-order valence-electron chi connectivity index (χ2n) is 4.79. The third-order valence-corrected chi connectivity index (χ3v) is 3.33. The highest BCUT2D eigenvalue weighted by Crippen LogP contribution is 2.25. The summed E-state index contributed by atoms with van der Waals surface area (Å²) in [6.07, 6.45) is 3.10. The zero-order valence-electron chi connectivity index (χ0n) is 9.87. The van der Waals surface area contributed by atoms with Crippen LogP contribution in [0.25, 0.3) is 0 Å². The van der Waals surface area contributed by atoms with Crippen molar-refractivity contribution >= 4 is 11.6 Å². The minimum absolute atomic E-state index is 0.0731. The smallest absolute Gasteiger partial charge is 0.253 e. The van der Waals surface area contributed by atoms with Gasteiger partial charge >= 0.3 is 0 Å². The Labute approximate surface area is 100 Å². The first-order chi connectivity index (χ1) is 8.08. The van der Waals surface area contributed by atoms with Crippen LogP contribution in [0, 0.1) is 11.7 Å². The maximum Gasteiger partial charge on any atom is 0.253 e. The Balaban J connectivity index is 2.07. The van der Waals surface area contributed by atoms with Gasteiger partial charge in [0.25, 0.3) is 5.91 Å². The van der Waals surface area contributed by atoms with Gasteiger partial charge in [-0.3, -0.25) is 4.79 Å². The van der Waals surface area contributed by atoms with E-state index in [0.717, 1.165) is 19.3 Å². The highest BCUT2D eigenvalue weighted by atomic mass is 19.1. The van der Waals surface area contributed by atoms with Crippen LogP contribution >= 0.6 is 0 Å². The number of hydrogen-bond donors (Lipinski definition) is 2. The summed E-state index contributed by atoms with van der Waals surface area (Å²) in [6.45, 7) is 2.17. The van der Waals surface area contributed by atoms with Crippen LogP contribution in [0.4, 0.5) is 10.1 Å². The number of halogens is 1. The van der Waals surface area contributed by atoms with Crippen molar-refractivity contribution in [3.05, 3.63) is 29.6 Å². The number of para-hydroxylation sites is 1. The van der Waals surface area contributed by atoms with Gasteiger partial charge in [-0.15, -0.1) is 0 Å². The van der Waals surface area contributed by atoms with E-state index in [1.54, 1.807) is 6.07 Å². The molecule has 17 heavy (non-hydrogen) atoms. The average molecular weight is 236 g/mol. The molecule has 4 heteroatoms. The van der Waals surface area contributed by atoms with Crippen LogP contribution in [0.15, 0.2) is 18.2 Å². The van der Waals surface area contributed by atoms with Gasteiger partial charge in [0, 0.05) is 6.04 Å². The van der Waals surface area contributed by atoms with Gasteiger partial charge in [-0.05, 0) is 37.3 Å². The van der Waals surface area contributed by atoms with Crippen LogP contribution < -0.4 is 11.1 Å². The quantitative estimate of drug-likeness (QED) is 0.774. The molecule has 1 aliphatic rings. The number of rotatable bonds is 2. The fraction of sp³-hybridized carbons (Fsp3) is 0.462. The molecule has 1 aliphatic carbocycles. The topological polar surface area (TPSA) is 55.1 Å². The maximum atomic E-state index is 13.2. The lowest BCUT2D eigenvalue weighted by molar-refractivity contribution is 0.0938. The first kappa shape index (κ1) is 11.9. The number of carbonyl (C=O) groups is 1. The Morgan fingerprint density at radius 1 is 1.47 bits per heavy atom. The molecule has 1 fully saturated rings. The largest absolute Gasteiger partial charge is 0.396 e. The summed E-state index contributed by atoms with van der Waals surface area (Å²) < 4.78 is 13.2. The van der Waals surface area contributed by atoms with Gasteiger partial charge in [-0.2, -0.15) is 0 Å². The number of carbonyl (C=O) groups excluding carboxylic acids is 1. The fourth-order valence-electron chi connectivity index (χ4n) is 2.34. The van der Waals surface area contributed by atoms with Gasteiger partial charge in [0.15, 0.2) is 0 Å². The highest BCUT2D eigenvalue weighted by Gasteiger charge is 2.24. The van der Waals surface area contributed by atoms with Crippen molar-refractivity contribution in [2.45, 2.75) is 32.2 Å². The second kappa shape index (κ2) is 4.73. The molecule has 0 spiro atoms. The monoisotopic (exact) mass is 236 g/mol. The van der Waals surface area contributed by atoms with Gasteiger partial charge in [-0.25, -0.2) is 4.39 Å². The van der Waals surface area contributed by atoms with Crippen molar-refractivity contribution < 1.29 is 9.18 Å². The molecule has 2 rings (SSSR count). The van der Waals surface area contributed by atoms with E-state index in [1.807, 2.05) is 0 Å². The lowest BCUT2D eigenvalue weighted by Gasteiger charge is -2.13. The van der Waals surface area contributed by atoms with Gasteiger partial charge < -0.3 is 11.1 Å². The van der Waals surface area contributed by atoms with Gasteiger partial charge in [0.2, 0.25) is 0 Å². The summed E-state index contributed by atoms with van der Waals surface area (Å²) >= 11 is 0. The summed E-state index contributed by atoms with van der Waals surface area (Å²) in [6, 6.07) is 4.49. The van der Waals surface area contributed by atoms with E-state index in [9.17, 15) is 9.18 Å². The standard InChI is InChI=1S/C13H17FN2O/c1-8-5-6-9(7-8)16-13(17)10-3-2-4-11(14)12(10)15/h2-4,8-9H,5-7,15H2,1H3,(H,16,17). The lowest BCUT2D eigenvalue weighted by atomic mass is 10.1. The van der Waals surface area contributed by atoms with Crippen molar-refractivity contribution in [2.75, 3.05) is 5.73 Å². The Morgan fingerprint density at radius 2 is 2.24 bits per heavy atom.